The molecular formula is C22H25F4N3O2. The van der Waals surface area contributed by atoms with Crippen LogP contribution in [-0.4, -0.2) is 55.2 Å². The van der Waals surface area contributed by atoms with E-state index < -0.39 is 23.6 Å². The number of urea groups is 1. The van der Waals surface area contributed by atoms with Crippen molar-refractivity contribution in [1.29, 1.82) is 0 Å². The second kappa shape index (κ2) is 10.6. The van der Waals surface area contributed by atoms with Gasteiger partial charge in [0.1, 0.15) is 5.82 Å². The monoisotopic (exact) mass is 439 g/mol. The van der Waals surface area contributed by atoms with E-state index in [9.17, 15) is 22.4 Å². The van der Waals surface area contributed by atoms with E-state index in [1.165, 1.54) is 29.2 Å². The van der Waals surface area contributed by atoms with Crippen LogP contribution in [0.3, 0.4) is 0 Å². The van der Waals surface area contributed by atoms with Crippen LogP contribution in [-0.2, 0) is 17.5 Å². The Hall–Kier alpha value is -2.65. The van der Waals surface area contributed by atoms with Gasteiger partial charge in [-0.15, -0.1) is 0 Å². The summed E-state index contributed by atoms with van der Waals surface area (Å²) in [5.74, 6) is -0.413. The summed E-state index contributed by atoms with van der Waals surface area (Å²) in [7, 11) is 0. The Bertz CT molecular complexity index is 870. The lowest BCUT2D eigenvalue weighted by atomic mass is 10.2. The van der Waals surface area contributed by atoms with Gasteiger partial charge < -0.3 is 15.0 Å². The van der Waals surface area contributed by atoms with Crippen molar-refractivity contribution in [2.75, 3.05) is 44.7 Å². The zero-order valence-electron chi connectivity index (χ0n) is 17.0. The van der Waals surface area contributed by atoms with Crippen LogP contribution in [0.4, 0.5) is 28.0 Å². The van der Waals surface area contributed by atoms with E-state index in [0.29, 0.717) is 31.7 Å². The Morgan fingerprint density at radius 1 is 1.10 bits per heavy atom. The number of amides is 2. The largest absolute Gasteiger partial charge is 0.416 e. The third-order valence-corrected chi connectivity index (χ3v) is 5.00. The average Bonchev–Trinajstić information content (AvgIpc) is 2.73. The van der Waals surface area contributed by atoms with E-state index in [1.807, 2.05) is 0 Å². The first kappa shape index (κ1) is 23.0. The topological polar surface area (TPSA) is 44.8 Å². The Balaban J connectivity index is 1.67. The molecule has 0 aliphatic carbocycles. The number of alkyl halides is 3. The Morgan fingerprint density at radius 3 is 2.55 bits per heavy atom. The minimum absolute atomic E-state index is 0.0530. The van der Waals surface area contributed by atoms with Crippen molar-refractivity contribution < 1.29 is 27.1 Å². The normalized spacial score (nSPS) is 15.0. The molecule has 0 spiro atoms. The van der Waals surface area contributed by atoms with Crippen molar-refractivity contribution in [2.45, 2.75) is 19.1 Å². The molecule has 0 unspecified atom stereocenters. The summed E-state index contributed by atoms with van der Waals surface area (Å²) in [4.78, 5) is 16.6. The van der Waals surface area contributed by atoms with E-state index in [4.69, 9.17) is 4.74 Å². The van der Waals surface area contributed by atoms with Crippen LogP contribution < -0.4 is 5.32 Å². The van der Waals surface area contributed by atoms with Gasteiger partial charge in [0.25, 0.3) is 0 Å². The molecule has 31 heavy (non-hydrogen) atoms. The Morgan fingerprint density at radius 2 is 1.84 bits per heavy atom. The molecule has 2 amide bonds. The van der Waals surface area contributed by atoms with Crippen molar-refractivity contribution in [2.24, 2.45) is 0 Å². The van der Waals surface area contributed by atoms with Crippen LogP contribution in [0.5, 0.6) is 0 Å². The van der Waals surface area contributed by atoms with Crippen LogP contribution in [0.25, 0.3) is 0 Å². The molecule has 0 atom stereocenters. The van der Waals surface area contributed by atoms with E-state index in [1.54, 1.807) is 12.1 Å². The minimum Gasteiger partial charge on any atom is -0.379 e. The average molecular weight is 439 g/mol. The molecular weight excluding hydrogens is 414 g/mol. The molecule has 9 heteroatoms. The third-order valence-electron chi connectivity index (χ3n) is 5.00. The first-order chi connectivity index (χ1) is 14.8. The molecule has 2 aromatic carbocycles. The lowest BCUT2D eigenvalue weighted by Gasteiger charge is -2.28. The Labute approximate surface area is 178 Å². The van der Waals surface area contributed by atoms with E-state index in [-0.39, 0.29) is 12.2 Å². The van der Waals surface area contributed by atoms with Gasteiger partial charge in [-0.25, -0.2) is 9.18 Å². The number of carbonyl (C=O) groups is 1. The zero-order chi connectivity index (χ0) is 22.3. The fourth-order valence-electron chi connectivity index (χ4n) is 3.39. The number of nitrogens with zero attached hydrogens (tertiary/aromatic N) is 2. The molecule has 0 bridgehead atoms. The molecule has 5 nitrogen and oxygen atoms in total. The summed E-state index contributed by atoms with van der Waals surface area (Å²) in [6.45, 7) is 4.26. The number of anilines is 1. The van der Waals surface area contributed by atoms with Crippen LogP contribution >= 0.6 is 0 Å². The second-order valence-electron chi connectivity index (χ2n) is 7.37. The molecule has 1 aliphatic heterocycles. The minimum atomic E-state index is -4.50. The van der Waals surface area contributed by atoms with Gasteiger partial charge in [0, 0.05) is 38.4 Å². The van der Waals surface area contributed by atoms with Gasteiger partial charge in [0.05, 0.1) is 18.8 Å². The highest BCUT2D eigenvalue weighted by molar-refractivity contribution is 5.89. The van der Waals surface area contributed by atoms with Crippen LogP contribution in [0.15, 0.2) is 48.5 Å². The molecule has 1 heterocycles. The highest BCUT2D eigenvalue weighted by Gasteiger charge is 2.30. The first-order valence-corrected chi connectivity index (χ1v) is 10.1. The number of carbonyl (C=O) groups excluding carboxylic acids is 1. The number of benzene rings is 2. The maximum absolute atomic E-state index is 13.6. The summed E-state index contributed by atoms with van der Waals surface area (Å²) >= 11 is 0. The molecule has 1 N–H and O–H groups in total. The maximum Gasteiger partial charge on any atom is 0.416 e. The molecule has 2 aromatic rings. The van der Waals surface area contributed by atoms with Crippen LogP contribution in [0, 0.1) is 5.82 Å². The molecule has 0 aromatic heterocycles. The highest BCUT2D eigenvalue weighted by Crippen LogP contribution is 2.30. The molecule has 168 valence electrons. The number of ether oxygens (including phenoxy) is 1. The van der Waals surface area contributed by atoms with E-state index in [0.717, 1.165) is 31.8 Å². The fourth-order valence-corrected chi connectivity index (χ4v) is 3.39. The number of morpholine rings is 1. The number of hydrogen-bond donors (Lipinski definition) is 1. The first-order valence-electron chi connectivity index (χ1n) is 10.1. The fraction of sp³-hybridized carbons (Fsp3) is 0.409. The zero-order valence-corrected chi connectivity index (χ0v) is 17.0. The summed E-state index contributed by atoms with van der Waals surface area (Å²) < 4.78 is 57.8. The highest BCUT2D eigenvalue weighted by atomic mass is 19.4. The van der Waals surface area contributed by atoms with Crippen molar-refractivity contribution in [3.63, 3.8) is 0 Å². The third kappa shape index (κ3) is 7.22. The number of rotatable bonds is 7. The number of hydrogen-bond acceptors (Lipinski definition) is 3. The number of halogens is 4. The number of nitrogens with one attached hydrogen (secondary N) is 1. The smallest absolute Gasteiger partial charge is 0.379 e. The van der Waals surface area contributed by atoms with Gasteiger partial charge in [-0.05, 0) is 42.3 Å². The van der Waals surface area contributed by atoms with Gasteiger partial charge in [-0.3, -0.25) is 4.90 Å². The van der Waals surface area contributed by atoms with Gasteiger partial charge >= 0.3 is 12.2 Å². The maximum atomic E-state index is 13.6. The SMILES string of the molecule is O=C(Nc1cccc(C(F)(F)F)c1)N(CCCN1CCOCC1)Cc1cccc(F)c1. The lowest BCUT2D eigenvalue weighted by Crippen LogP contribution is -2.40. The molecule has 3 rings (SSSR count). The summed E-state index contributed by atoms with van der Waals surface area (Å²) in [5, 5.41) is 2.54. The summed E-state index contributed by atoms with van der Waals surface area (Å²) in [6, 6.07) is 9.87. The van der Waals surface area contributed by atoms with Crippen molar-refractivity contribution in [3.05, 3.63) is 65.5 Å². The van der Waals surface area contributed by atoms with Gasteiger partial charge in [0.2, 0.25) is 0 Å². The van der Waals surface area contributed by atoms with Crippen LogP contribution in [0.1, 0.15) is 17.5 Å². The predicted octanol–water partition coefficient (Wildman–Crippen LogP) is 4.60. The Kier molecular flexibility index (Phi) is 7.86. The predicted molar refractivity (Wildman–Crippen MR) is 109 cm³/mol. The molecule has 1 aliphatic rings. The van der Waals surface area contributed by atoms with Gasteiger partial charge in [-0.1, -0.05) is 18.2 Å². The molecule has 0 saturated carbocycles. The summed E-state index contributed by atoms with van der Waals surface area (Å²) in [5.41, 5.74) is -0.183. The standard InChI is InChI=1S/C22H25F4N3O2/c23-19-6-1-4-17(14-19)16-29(9-3-8-28-10-12-31-13-11-28)21(30)27-20-7-2-5-18(15-20)22(24,25)26/h1-2,4-7,14-15H,3,8-13,16H2,(H,27,30). The van der Waals surface area contributed by atoms with Gasteiger partial charge in [-0.2, -0.15) is 13.2 Å². The van der Waals surface area contributed by atoms with Crippen molar-refractivity contribution in [3.8, 4) is 0 Å². The van der Waals surface area contributed by atoms with Crippen molar-refractivity contribution >= 4 is 11.7 Å². The van der Waals surface area contributed by atoms with E-state index >= 15 is 0 Å². The molecule has 0 radical (unpaired) electrons. The molecule has 1 fully saturated rings. The van der Waals surface area contributed by atoms with Gasteiger partial charge in [0.15, 0.2) is 0 Å². The molecule has 1 saturated heterocycles. The van der Waals surface area contributed by atoms with Crippen LogP contribution in [0.2, 0.25) is 0 Å². The van der Waals surface area contributed by atoms with E-state index in [2.05, 4.69) is 10.2 Å². The summed E-state index contributed by atoms with van der Waals surface area (Å²) in [6.07, 6.45) is -3.83. The van der Waals surface area contributed by atoms with Crippen molar-refractivity contribution in [1.82, 2.24) is 9.80 Å². The quantitative estimate of drug-likeness (QED) is 0.642. The lowest BCUT2D eigenvalue weighted by molar-refractivity contribution is -0.137. The second-order valence-corrected chi connectivity index (χ2v) is 7.37.